The molecule has 0 radical (unpaired) electrons. The number of carbonyl (C=O) groups is 1. The summed E-state index contributed by atoms with van der Waals surface area (Å²) in [5.74, 6) is -0.238. The van der Waals surface area contributed by atoms with Crippen LogP contribution in [-0.2, 0) is 11.2 Å². The molecule has 1 unspecified atom stereocenters. The molecule has 0 aliphatic heterocycles. The first kappa shape index (κ1) is 14.3. The van der Waals surface area contributed by atoms with Gasteiger partial charge in [-0.05, 0) is 30.3 Å². The Labute approximate surface area is 110 Å². The fraction of sp³-hybridized carbons (Fsp3) is 0.462. The van der Waals surface area contributed by atoms with Crippen molar-refractivity contribution in [3.63, 3.8) is 0 Å². The summed E-state index contributed by atoms with van der Waals surface area (Å²) in [5, 5.41) is 3.13. The fourth-order valence-electron chi connectivity index (χ4n) is 1.52. The maximum atomic E-state index is 13.1. The van der Waals surface area contributed by atoms with Crippen molar-refractivity contribution in [2.45, 2.75) is 20.3 Å². The number of rotatable bonds is 6. The van der Waals surface area contributed by atoms with E-state index in [-0.39, 0.29) is 23.9 Å². The van der Waals surface area contributed by atoms with Crippen molar-refractivity contribution in [1.82, 2.24) is 5.32 Å². The van der Waals surface area contributed by atoms with E-state index in [1.54, 1.807) is 6.07 Å². The Morgan fingerprint density at radius 3 is 2.88 bits per heavy atom. The van der Waals surface area contributed by atoms with Gasteiger partial charge in [-0.2, -0.15) is 0 Å². The Hall–Kier alpha value is -0.740. The van der Waals surface area contributed by atoms with Gasteiger partial charge in [-0.25, -0.2) is 4.39 Å². The highest BCUT2D eigenvalue weighted by Gasteiger charge is 2.14. The normalized spacial score (nSPS) is 12.5. The number of Topliss-reactive ketones (excluding diaryl/α,β-unsaturated/α-hetero) is 1. The molecule has 1 atom stereocenters. The third kappa shape index (κ3) is 4.56. The van der Waals surface area contributed by atoms with E-state index >= 15 is 0 Å². The van der Waals surface area contributed by atoms with E-state index in [4.69, 9.17) is 0 Å². The largest absolute Gasteiger partial charge is 0.316 e. The molecule has 0 spiro atoms. The van der Waals surface area contributed by atoms with Crippen LogP contribution in [-0.4, -0.2) is 18.9 Å². The monoisotopic (exact) mass is 301 g/mol. The predicted octanol–water partition coefficient (Wildman–Crippen LogP) is 2.95. The molecule has 0 aromatic heterocycles. The van der Waals surface area contributed by atoms with Crippen molar-refractivity contribution in [2.24, 2.45) is 5.92 Å². The van der Waals surface area contributed by atoms with Crippen LogP contribution in [0.1, 0.15) is 19.4 Å². The summed E-state index contributed by atoms with van der Waals surface area (Å²) in [6, 6.07) is 4.41. The van der Waals surface area contributed by atoms with E-state index in [2.05, 4.69) is 21.2 Å². The number of carbonyl (C=O) groups excluding carboxylic acids is 1. The molecule has 1 rings (SSSR count). The van der Waals surface area contributed by atoms with Gasteiger partial charge in [0.25, 0.3) is 0 Å². The molecule has 0 amide bonds. The minimum atomic E-state index is -0.310. The quantitative estimate of drug-likeness (QED) is 0.875. The highest BCUT2D eigenvalue weighted by Crippen LogP contribution is 2.19. The Bertz CT molecular complexity index is 395. The van der Waals surface area contributed by atoms with Crippen LogP contribution in [0.3, 0.4) is 0 Å². The summed E-state index contributed by atoms with van der Waals surface area (Å²) in [6.45, 7) is 5.40. The van der Waals surface area contributed by atoms with Gasteiger partial charge in [0, 0.05) is 23.4 Å². The van der Waals surface area contributed by atoms with Gasteiger partial charge in [-0.3, -0.25) is 4.79 Å². The van der Waals surface area contributed by atoms with Crippen molar-refractivity contribution in [1.29, 1.82) is 0 Å². The SMILES string of the molecule is CCNCC(C)C(=O)Cc1cc(F)ccc1Br. The Morgan fingerprint density at radius 2 is 2.24 bits per heavy atom. The molecule has 0 aliphatic rings. The van der Waals surface area contributed by atoms with E-state index in [0.717, 1.165) is 11.0 Å². The summed E-state index contributed by atoms with van der Waals surface area (Å²) in [6.07, 6.45) is 0.269. The smallest absolute Gasteiger partial charge is 0.141 e. The van der Waals surface area contributed by atoms with Crippen LogP contribution in [0.2, 0.25) is 0 Å². The van der Waals surface area contributed by atoms with E-state index in [1.807, 2.05) is 13.8 Å². The summed E-state index contributed by atoms with van der Waals surface area (Å²) < 4.78 is 13.8. The van der Waals surface area contributed by atoms with Crippen LogP contribution >= 0.6 is 15.9 Å². The summed E-state index contributed by atoms with van der Waals surface area (Å²) in [7, 11) is 0. The average molecular weight is 302 g/mol. The lowest BCUT2D eigenvalue weighted by molar-refractivity contribution is -0.121. The molecular weight excluding hydrogens is 285 g/mol. The van der Waals surface area contributed by atoms with Crippen molar-refractivity contribution in [3.8, 4) is 0 Å². The van der Waals surface area contributed by atoms with Crippen molar-refractivity contribution in [2.75, 3.05) is 13.1 Å². The zero-order chi connectivity index (χ0) is 12.8. The van der Waals surface area contributed by atoms with Gasteiger partial charge in [-0.1, -0.05) is 29.8 Å². The average Bonchev–Trinajstić information content (AvgIpc) is 2.30. The molecule has 2 nitrogen and oxygen atoms in total. The van der Waals surface area contributed by atoms with Crippen molar-refractivity contribution in [3.05, 3.63) is 34.1 Å². The van der Waals surface area contributed by atoms with Crippen molar-refractivity contribution >= 4 is 21.7 Å². The summed E-state index contributed by atoms with van der Waals surface area (Å²) in [4.78, 5) is 11.9. The predicted molar refractivity (Wildman–Crippen MR) is 70.5 cm³/mol. The molecule has 0 aliphatic carbocycles. The molecule has 94 valence electrons. The van der Waals surface area contributed by atoms with E-state index in [0.29, 0.717) is 12.1 Å². The lowest BCUT2D eigenvalue weighted by atomic mass is 9.99. The van der Waals surface area contributed by atoms with Crippen LogP contribution in [0.4, 0.5) is 4.39 Å². The van der Waals surface area contributed by atoms with Crippen LogP contribution < -0.4 is 5.32 Å². The highest BCUT2D eigenvalue weighted by molar-refractivity contribution is 9.10. The third-order valence-electron chi connectivity index (χ3n) is 2.62. The maximum Gasteiger partial charge on any atom is 0.141 e. The van der Waals surface area contributed by atoms with Gasteiger partial charge in [0.05, 0.1) is 0 Å². The van der Waals surface area contributed by atoms with Gasteiger partial charge < -0.3 is 5.32 Å². The lowest BCUT2D eigenvalue weighted by Gasteiger charge is -2.11. The molecule has 4 heteroatoms. The van der Waals surface area contributed by atoms with Gasteiger partial charge in [0.1, 0.15) is 11.6 Å². The fourth-order valence-corrected chi connectivity index (χ4v) is 1.90. The molecule has 0 heterocycles. The van der Waals surface area contributed by atoms with Gasteiger partial charge in [0.2, 0.25) is 0 Å². The van der Waals surface area contributed by atoms with Gasteiger partial charge in [0.15, 0.2) is 0 Å². The van der Waals surface area contributed by atoms with Crippen LogP contribution in [0.25, 0.3) is 0 Å². The standard InChI is InChI=1S/C13H17BrFNO/c1-3-16-8-9(2)13(17)7-10-6-11(15)4-5-12(10)14/h4-6,9,16H,3,7-8H2,1-2H3. The molecular formula is C13H17BrFNO. The van der Waals surface area contributed by atoms with E-state index < -0.39 is 0 Å². The topological polar surface area (TPSA) is 29.1 Å². The Balaban J connectivity index is 2.64. The van der Waals surface area contributed by atoms with E-state index in [9.17, 15) is 9.18 Å². The molecule has 0 fully saturated rings. The maximum absolute atomic E-state index is 13.1. The number of halogens is 2. The minimum Gasteiger partial charge on any atom is -0.316 e. The van der Waals surface area contributed by atoms with Crippen LogP contribution in [0.15, 0.2) is 22.7 Å². The molecule has 0 saturated carbocycles. The van der Waals surface area contributed by atoms with Gasteiger partial charge >= 0.3 is 0 Å². The number of benzene rings is 1. The van der Waals surface area contributed by atoms with Crippen molar-refractivity contribution < 1.29 is 9.18 Å². The number of nitrogens with one attached hydrogen (secondary N) is 1. The lowest BCUT2D eigenvalue weighted by Crippen LogP contribution is -2.27. The summed E-state index contributed by atoms with van der Waals surface area (Å²) >= 11 is 3.33. The zero-order valence-corrected chi connectivity index (χ0v) is 11.7. The summed E-state index contributed by atoms with van der Waals surface area (Å²) in [5.41, 5.74) is 0.707. The molecule has 17 heavy (non-hydrogen) atoms. The molecule has 1 N–H and O–H groups in total. The number of hydrogen-bond donors (Lipinski definition) is 1. The zero-order valence-electron chi connectivity index (χ0n) is 10.1. The first-order valence-corrected chi connectivity index (χ1v) is 6.51. The van der Waals surface area contributed by atoms with Gasteiger partial charge in [-0.15, -0.1) is 0 Å². The number of hydrogen-bond acceptors (Lipinski definition) is 2. The third-order valence-corrected chi connectivity index (χ3v) is 3.40. The van der Waals surface area contributed by atoms with Crippen LogP contribution in [0, 0.1) is 11.7 Å². The number of ketones is 1. The second-order valence-electron chi connectivity index (χ2n) is 4.09. The Morgan fingerprint density at radius 1 is 1.53 bits per heavy atom. The van der Waals surface area contributed by atoms with E-state index in [1.165, 1.54) is 12.1 Å². The Kier molecular flexibility index (Phi) is 5.78. The molecule has 1 aromatic carbocycles. The minimum absolute atomic E-state index is 0.0508. The first-order valence-electron chi connectivity index (χ1n) is 5.72. The first-order chi connectivity index (χ1) is 8.04. The molecule has 1 aromatic rings. The molecule has 0 bridgehead atoms. The van der Waals surface area contributed by atoms with Crippen LogP contribution in [0.5, 0.6) is 0 Å². The highest BCUT2D eigenvalue weighted by atomic mass is 79.9. The second-order valence-corrected chi connectivity index (χ2v) is 4.94. The molecule has 0 saturated heterocycles. The second kappa shape index (κ2) is 6.87.